The third-order valence-corrected chi connectivity index (χ3v) is 5.04. The number of hydrogen-bond donors (Lipinski definition) is 0. The smallest absolute Gasteiger partial charge is 0.337 e. The molecule has 0 spiro atoms. The lowest BCUT2D eigenvalue weighted by Crippen LogP contribution is -2.22. The normalized spacial score (nSPS) is 11.1. The van der Waals surface area contributed by atoms with Crippen LogP contribution < -0.4 is 5.56 Å². The number of rotatable bonds is 7. The summed E-state index contributed by atoms with van der Waals surface area (Å²) in [6.07, 6.45) is 1.81. The van der Waals surface area contributed by atoms with Crippen molar-refractivity contribution in [2.24, 2.45) is 0 Å². The minimum Gasteiger partial charge on any atom is -0.465 e. The molecule has 0 N–H and O–H groups in total. The second-order valence-electron chi connectivity index (χ2n) is 6.82. The first-order chi connectivity index (χ1) is 13.5. The van der Waals surface area contributed by atoms with Crippen molar-refractivity contribution in [3.63, 3.8) is 0 Å². The van der Waals surface area contributed by atoms with Crippen molar-refractivity contribution in [2.75, 3.05) is 20.2 Å². The molecule has 0 aliphatic rings. The van der Waals surface area contributed by atoms with Crippen LogP contribution >= 0.6 is 0 Å². The van der Waals surface area contributed by atoms with Gasteiger partial charge in [0.15, 0.2) is 0 Å². The maximum atomic E-state index is 13.0. The SMILES string of the molecule is CCN(CC)Cc1cccc(Cn2ccc3ccc(C(=O)OC)cc3c2=O)c1. The Kier molecular flexibility index (Phi) is 6.26. The lowest BCUT2D eigenvalue weighted by atomic mass is 10.1. The van der Waals surface area contributed by atoms with Gasteiger partial charge in [0, 0.05) is 18.1 Å². The molecule has 0 aliphatic heterocycles. The number of fused-ring (bicyclic) bond motifs is 1. The number of benzene rings is 2. The van der Waals surface area contributed by atoms with Gasteiger partial charge < -0.3 is 9.30 Å². The van der Waals surface area contributed by atoms with Crippen LogP contribution in [0.5, 0.6) is 0 Å². The van der Waals surface area contributed by atoms with E-state index in [4.69, 9.17) is 4.74 Å². The van der Waals surface area contributed by atoms with E-state index in [-0.39, 0.29) is 5.56 Å². The first kappa shape index (κ1) is 19.8. The molecule has 0 saturated carbocycles. The number of carbonyl (C=O) groups is 1. The Bertz CT molecular complexity index is 1040. The summed E-state index contributed by atoms with van der Waals surface area (Å²) in [5.41, 5.74) is 2.58. The summed E-state index contributed by atoms with van der Waals surface area (Å²) in [6.45, 7) is 7.72. The molecule has 5 heteroatoms. The highest BCUT2D eigenvalue weighted by atomic mass is 16.5. The van der Waals surface area contributed by atoms with Gasteiger partial charge in [-0.05, 0) is 47.8 Å². The number of methoxy groups -OCH3 is 1. The summed E-state index contributed by atoms with van der Waals surface area (Å²) in [6, 6.07) is 15.3. The van der Waals surface area contributed by atoms with Crippen LogP contribution in [0.2, 0.25) is 0 Å². The van der Waals surface area contributed by atoms with E-state index in [0.717, 1.165) is 30.6 Å². The van der Waals surface area contributed by atoms with E-state index in [1.807, 2.05) is 18.2 Å². The predicted molar refractivity (Wildman–Crippen MR) is 112 cm³/mol. The number of ether oxygens (including phenoxy) is 1. The van der Waals surface area contributed by atoms with Gasteiger partial charge >= 0.3 is 5.97 Å². The predicted octanol–water partition coefficient (Wildman–Crippen LogP) is 3.68. The maximum absolute atomic E-state index is 13.0. The Morgan fingerprint density at radius 1 is 1.04 bits per heavy atom. The van der Waals surface area contributed by atoms with Gasteiger partial charge in [0.1, 0.15) is 0 Å². The second-order valence-corrected chi connectivity index (χ2v) is 6.82. The molecule has 1 heterocycles. The molecule has 28 heavy (non-hydrogen) atoms. The van der Waals surface area contributed by atoms with E-state index in [1.165, 1.54) is 12.7 Å². The third kappa shape index (κ3) is 4.31. The van der Waals surface area contributed by atoms with E-state index in [0.29, 0.717) is 17.5 Å². The van der Waals surface area contributed by atoms with Gasteiger partial charge in [-0.1, -0.05) is 44.2 Å². The van der Waals surface area contributed by atoms with Crippen LogP contribution in [0.4, 0.5) is 0 Å². The van der Waals surface area contributed by atoms with Crippen LogP contribution in [-0.4, -0.2) is 35.6 Å². The topological polar surface area (TPSA) is 51.5 Å². The Labute approximate surface area is 165 Å². The summed E-state index contributed by atoms with van der Waals surface area (Å²) in [5.74, 6) is -0.444. The Balaban J connectivity index is 1.91. The molecule has 0 aliphatic carbocycles. The first-order valence-corrected chi connectivity index (χ1v) is 9.57. The van der Waals surface area contributed by atoms with Crippen LogP contribution in [0.3, 0.4) is 0 Å². The minimum absolute atomic E-state index is 0.114. The van der Waals surface area contributed by atoms with Gasteiger partial charge in [0.2, 0.25) is 0 Å². The van der Waals surface area contributed by atoms with Gasteiger partial charge in [-0.2, -0.15) is 0 Å². The fourth-order valence-corrected chi connectivity index (χ4v) is 3.38. The lowest BCUT2D eigenvalue weighted by molar-refractivity contribution is 0.0601. The molecule has 3 rings (SSSR count). The monoisotopic (exact) mass is 378 g/mol. The van der Waals surface area contributed by atoms with Crippen molar-refractivity contribution >= 4 is 16.7 Å². The summed E-state index contributed by atoms with van der Waals surface area (Å²) in [5, 5.41) is 1.33. The zero-order valence-corrected chi connectivity index (χ0v) is 16.6. The minimum atomic E-state index is -0.444. The van der Waals surface area contributed by atoms with Crippen LogP contribution in [0.25, 0.3) is 10.8 Å². The number of nitrogens with zero attached hydrogens (tertiary/aromatic N) is 2. The number of hydrogen-bond acceptors (Lipinski definition) is 4. The number of aromatic nitrogens is 1. The molecule has 0 bridgehead atoms. The fraction of sp³-hybridized carbons (Fsp3) is 0.304. The Morgan fingerprint density at radius 2 is 1.79 bits per heavy atom. The molecule has 3 aromatic rings. The fourth-order valence-electron chi connectivity index (χ4n) is 3.38. The second kappa shape index (κ2) is 8.85. The Morgan fingerprint density at radius 3 is 2.50 bits per heavy atom. The third-order valence-electron chi connectivity index (χ3n) is 5.04. The molecular formula is C23H26N2O3. The highest BCUT2D eigenvalue weighted by molar-refractivity contribution is 5.95. The number of carbonyl (C=O) groups excluding carboxylic acids is 1. The number of pyridine rings is 1. The average molecular weight is 378 g/mol. The van der Waals surface area contributed by atoms with Crippen molar-refractivity contribution in [1.29, 1.82) is 0 Å². The largest absolute Gasteiger partial charge is 0.465 e. The van der Waals surface area contributed by atoms with Crippen LogP contribution in [0, 0.1) is 0 Å². The summed E-state index contributed by atoms with van der Waals surface area (Å²) < 4.78 is 6.44. The first-order valence-electron chi connectivity index (χ1n) is 9.57. The molecule has 0 radical (unpaired) electrons. The standard InChI is InChI=1S/C23H26N2O3/c1-4-24(5-2)15-17-7-6-8-18(13-17)16-25-12-11-19-9-10-20(23(27)28-3)14-21(19)22(25)26/h6-14H,4-5,15-16H2,1-3H3. The van der Waals surface area contributed by atoms with Crippen molar-refractivity contribution in [3.8, 4) is 0 Å². The lowest BCUT2D eigenvalue weighted by Gasteiger charge is -2.18. The van der Waals surface area contributed by atoms with Crippen LogP contribution in [-0.2, 0) is 17.8 Å². The molecule has 0 fully saturated rings. The van der Waals surface area contributed by atoms with Crippen molar-refractivity contribution in [1.82, 2.24) is 9.47 Å². The molecule has 5 nitrogen and oxygen atoms in total. The van der Waals surface area contributed by atoms with Crippen molar-refractivity contribution < 1.29 is 9.53 Å². The van der Waals surface area contributed by atoms with E-state index in [9.17, 15) is 9.59 Å². The van der Waals surface area contributed by atoms with Crippen molar-refractivity contribution in [2.45, 2.75) is 26.9 Å². The van der Waals surface area contributed by atoms with Gasteiger partial charge in [0.25, 0.3) is 5.56 Å². The number of esters is 1. The van der Waals surface area contributed by atoms with Gasteiger partial charge in [-0.15, -0.1) is 0 Å². The molecular weight excluding hydrogens is 352 g/mol. The van der Waals surface area contributed by atoms with Gasteiger partial charge in [0.05, 0.1) is 19.2 Å². The summed E-state index contributed by atoms with van der Waals surface area (Å²) in [7, 11) is 1.33. The van der Waals surface area contributed by atoms with Gasteiger partial charge in [-0.25, -0.2) is 4.79 Å². The van der Waals surface area contributed by atoms with Gasteiger partial charge in [-0.3, -0.25) is 9.69 Å². The van der Waals surface area contributed by atoms with Crippen LogP contribution in [0.15, 0.2) is 59.5 Å². The average Bonchev–Trinajstić information content (AvgIpc) is 2.73. The zero-order valence-electron chi connectivity index (χ0n) is 16.6. The quantitative estimate of drug-likeness (QED) is 0.589. The van der Waals surface area contributed by atoms with Crippen LogP contribution in [0.1, 0.15) is 35.3 Å². The molecule has 146 valence electrons. The maximum Gasteiger partial charge on any atom is 0.337 e. The molecule has 1 aromatic heterocycles. The summed E-state index contributed by atoms with van der Waals surface area (Å²) in [4.78, 5) is 27.1. The van der Waals surface area contributed by atoms with E-state index in [1.54, 1.807) is 29.0 Å². The Hall–Kier alpha value is -2.92. The van der Waals surface area contributed by atoms with E-state index in [2.05, 4.69) is 30.9 Å². The molecule has 0 amide bonds. The van der Waals surface area contributed by atoms with Crippen molar-refractivity contribution in [3.05, 3.63) is 81.8 Å². The summed E-state index contributed by atoms with van der Waals surface area (Å²) >= 11 is 0. The molecule has 2 aromatic carbocycles. The van der Waals surface area contributed by atoms with E-state index < -0.39 is 5.97 Å². The molecule has 0 saturated heterocycles. The highest BCUT2D eigenvalue weighted by Gasteiger charge is 2.10. The van der Waals surface area contributed by atoms with E-state index >= 15 is 0 Å². The zero-order chi connectivity index (χ0) is 20.1. The highest BCUT2D eigenvalue weighted by Crippen LogP contribution is 2.15. The molecule has 0 unspecified atom stereocenters. The molecule has 0 atom stereocenters.